The third-order valence-electron chi connectivity index (χ3n) is 2.94. The highest BCUT2D eigenvalue weighted by Gasteiger charge is 2.15. The third kappa shape index (κ3) is 4.91. The van der Waals surface area contributed by atoms with E-state index in [1.54, 1.807) is 24.3 Å². The van der Waals surface area contributed by atoms with Crippen LogP contribution in [0.5, 0.6) is 0 Å². The normalized spacial score (nSPS) is 11.0. The smallest absolute Gasteiger partial charge is 0.258 e. The van der Waals surface area contributed by atoms with Crippen molar-refractivity contribution in [3.05, 3.63) is 58.1 Å². The van der Waals surface area contributed by atoms with Crippen molar-refractivity contribution in [1.82, 2.24) is 5.32 Å². The van der Waals surface area contributed by atoms with Gasteiger partial charge in [-0.15, -0.1) is 0 Å². The minimum Gasteiger partial charge on any atom is -0.332 e. The SMILES string of the molecule is CS(=O)(=O)c1ccc(C(=O)NC(=S)Nc2ccc(Cl)cc2)c(Cl)c1. The van der Waals surface area contributed by atoms with E-state index in [9.17, 15) is 13.2 Å². The topological polar surface area (TPSA) is 75.3 Å². The Morgan fingerprint density at radius 1 is 1.08 bits per heavy atom. The number of nitrogens with one attached hydrogen (secondary N) is 2. The second-order valence-electron chi connectivity index (χ2n) is 4.83. The van der Waals surface area contributed by atoms with Crippen LogP contribution in [0.3, 0.4) is 0 Å². The summed E-state index contributed by atoms with van der Waals surface area (Å²) in [5.41, 5.74) is 0.771. The van der Waals surface area contributed by atoms with Crippen molar-refractivity contribution in [2.75, 3.05) is 11.6 Å². The fraction of sp³-hybridized carbons (Fsp3) is 0.0667. The van der Waals surface area contributed by atoms with Gasteiger partial charge in [0.25, 0.3) is 5.91 Å². The number of sulfone groups is 1. The van der Waals surface area contributed by atoms with Crippen LogP contribution in [0, 0.1) is 0 Å². The zero-order valence-corrected chi connectivity index (χ0v) is 15.5. The van der Waals surface area contributed by atoms with E-state index in [1.165, 1.54) is 18.2 Å². The second kappa shape index (κ2) is 7.48. The predicted molar refractivity (Wildman–Crippen MR) is 99.7 cm³/mol. The molecule has 0 heterocycles. The molecule has 0 aliphatic carbocycles. The number of amides is 1. The van der Waals surface area contributed by atoms with E-state index in [2.05, 4.69) is 10.6 Å². The van der Waals surface area contributed by atoms with Gasteiger partial charge in [0.2, 0.25) is 0 Å². The van der Waals surface area contributed by atoms with Crippen molar-refractivity contribution in [3.63, 3.8) is 0 Å². The third-order valence-corrected chi connectivity index (χ3v) is 4.82. The minimum atomic E-state index is -3.40. The van der Waals surface area contributed by atoms with Gasteiger partial charge in [0.05, 0.1) is 15.5 Å². The van der Waals surface area contributed by atoms with Crippen LogP contribution in [0.1, 0.15) is 10.4 Å². The lowest BCUT2D eigenvalue weighted by atomic mass is 10.2. The molecule has 0 bridgehead atoms. The van der Waals surface area contributed by atoms with E-state index >= 15 is 0 Å². The molecule has 9 heteroatoms. The molecule has 1 amide bonds. The minimum absolute atomic E-state index is 0.0183. The molecule has 0 saturated heterocycles. The summed E-state index contributed by atoms with van der Waals surface area (Å²) in [6.45, 7) is 0. The van der Waals surface area contributed by atoms with Gasteiger partial charge in [0.15, 0.2) is 14.9 Å². The number of thiocarbonyl (C=S) groups is 1. The Bertz CT molecular complexity index is 897. The van der Waals surface area contributed by atoms with E-state index in [4.69, 9.17) is 35.4 Å². The summed E-state index contributed by atoms with van der Waals surface area (Å²) in [5.74, 6) is -0.550. The number of carbonyl (C=O) groups excluding carboxylic acids is 1. The van der Waals surface area contributed by atoms with Gasteiger partial charge in [-0.25, -0.2) is 8.42 Å². The van der Waals surface area contributed by atoms with Gasteiger partial charge >= 0.3 is 0 Å². The molecular weight excluding hydrogens is 391 g/mol. The lowest BCUT2D eigenvalue weighted by Crippen LogP contribution is -2.34. The maximum Gasteiger partial charge on any atom is 0.258 e. The van der Waals surface area contributed by atoms with Gasteiger partial charge in [-0.3, -0.25) is 10.1 Å². The molecule has 24 heavy (non-hydrogen) atoms. The van der Waals surface area contributed by atoms with E-state index in [0.717, 1.165) is 6.26 Å². The van der Waals surface area contributed by atoms with Gasteiger partial charge in [0.1, 0.15) is 0 Å². The van der Waals surface area contributed by atoms with Crippen molar-refractivity contribution in [2.24, 2.45) is 0 Å². The number of hydrogen-bond donors (Lipinski definition) is 2. The van der Waals surface area contributed by atoms with Crippen LogP contribution in [0.2, 0.25) is 10.0 Å². The van der Waals surface area contributed by atoms with Gasteiger partial charge in [-0.05, 0) is 54.7 Å². The van der Waals surface area contributed by atoms with Crippen LogP contribution in [0.25, 0.3) is 0 Å². The first-order valence-electron chi connectivity index (χ1n) is 6.54. The Balaban J connectivity index is 2.09. The van der Waals surface area contributed by atoms with Crippen LogP contribution in [0.15, 0.2) is 47.4 Å². The number of benzene rings is 2. The molecule has 0 atom stereocenters. The molecule has 2 N–H and O–H groups in total. The predicted octanol–water partition coefficient (Wildman–Crippen LogP) is 3.52. The average Bonchev–Trinajstić information content (AvgIpc) is 2.48. The summed E-state index contributed by atoms with van der Waals surface area (Å²) in [5, 5.41) is 5.97. The Hall–Kier alpha value is -1.67. The molecule has 0 fully saturated rings. The summed E-state index contributed by atoms with van der Waals surface area (Å²) in [4.78, 5) is 12.2. The molecule has 126 valence electrons. The molecule has 0 spiro atoms. The zero-order valence-electron chi connectivity index (χ0n) is 12.3. The molecule has 2 aromatic rings. The maximum absolute atomic E-state index is 12.2. The molecule has 5 nitrogen and oxygen atoms in total. The Morgan fingerprint density at radius 3 is 2.25 bits per heavy atom. The first kappa shape index (κ1) is 18.7. The summed E-state index contributed by atoms with van der Waals surface area (Å²) in [7, 11) is -3.40. The molecule has 2 aromatic carbocycles. The molecular formula is C15H12Cl2N2O3S2. The summed E-state index contributed by atoms with van der Waals surface area (Å²) in [6, 6.07) is 10.6. The number of hydrogen-bond acceptors (Lipinski definition) is 4. The van der Waals surface area contributed by atoms with Gasteiger partial charge in [0, 0.05) is 17.0 Å². The molecule has 0 aliphatic heterocycles. The largest absolute Gasteiger partial charge is 0.332 e. The van der Waals surface area contributed by atoms with Crippen LogP contribution >= 0.6 is 35.4 Å². The van der Waals surface area contributed by atoms with E-state index < -0.39 is 15.7 Å². The lowest BCUT2D eigenvalue weighted by molar-refractivity contribution is 0.0978. The summed E-state index contributed by atoms with van der Waals surface area (Å²) < 4.78 is 22.9. The Labute approximate surface area is 154 Å². The highest BCUT2D eigenvalue weighted by atomic mass is 35.5. The Morgan fingerprint density at radius 2 is 1.71 bits per heavy atom. The lowest BCUT2D eigenvalue weighted by Gasteiger charge is -2.11. The van der Waals surface area contributed by atoms with Crippen molar-refractivity contribution in [3.8, 4) is 0 Å². The zero-order chi connectivity index (χ0) is 17.9. The molecule has 0 radical (unpaired) electrons. The van der Waals surface area contributed by atoms with E-state index in [-0.39, 0.29) is 20.6 Å². The highest BCUT2D eigenvalue weighted by Crippen LogP contribution is 2.21. The fourth-order valence-corrected chi connectivity index (χ4v) is 3.09. The number of carbonyl (C=O) groups is 1. The fourth-order valence-electron chi connectivity index (χ4n) is 1.78. The molecule has 0 aliphatic rings. The number of rotatable bonds is 3. The van der Waals surface area contributed by atoms with E-state index in [0.29, 0.717) is 10.7 Å². The molecule has 0 unspecified atom stereocenters. The standard InChI is InChI=1S/C15H12Cl2N2O3S2/c1-24(21,22)11-6-7-12(13(17)8-11)14(20)19-15(23)18-10-4-2-9(16)3-5-10/h2-8H,1H3,(H2,18,19,20,23). The van der Waals surface area contributed by atoms with Crippen molar-refractivity contribution < 1.29 is 13.2 Å². The van der Waals surface area contributed by atoms with Gasteiger partial charge < -0.3 is 5.32 Å². The second-order valence-corrected chi connectivity index (χ2v) is 8.10. The average molecular weight is 403 g/mol. The first-order valence-corrected chi connectivity index (χ1v) is 9.60. The van der Waals surface area contributed by atoms with Crippen LogP contribution in [-0.2, 0) is 9.84 Å². The van der Waals surface area contributed by atoms with Crippen LogP contribution in [-0.4, -0.2) is 25.7 Å². The molecule has 0 aromatic heterocycles. The number of anilines is 1. The maximum atomic E-state index is 12.2. The molecule has 0 saturated carbocycles. The first-order chi connectivity index (χ1) is 11.2. The monoisotopic (exact) mass is 402 g/mol. The van der Waals surface area contributed by atoms with Crippen LogP contribution < -0.4 is 10.6 Å². The Kier molecular flexibility index (Phi) is 5.82. The summed E-state index contributed by atoms with van der Waals surface area (Å²) in [6.07, 6.45) is 1.06. The van der Waals surface area contributed by atoms with Crippen molar-refractivity contribution in [1.29, 1.82) is 0 Å². The van der Waals surface area contributed by atoms with E-state index in [1.807, 2.05) is 0 Å². The molecule has 2 rings (SSSR count). The van der Waals surface area contributed by atoms with Crippen LogP contribution in [0.4, 0.5) is 5.69 Å². The highest BCUT2D eigenvalue weighted by molar-refractivity contribution is 7.90. The van der Waals surface area contributed by atoms with Gasteiger partial charge in [-0.1, -0.05) is 23.2 Å². The van der Waals surface area contributed by atoms with Crippen molar-refractivity contribution in [2.45, 2.75) is 4.90 Å². The quantitative estimate of drug-likeness (QED) is 0.767. The summed E-state index contributed by atoms with van der Waals surface area (Å²) >= 11 is 16.8. The van der Waals surface area contributed by atoms with Gasteiger partial charge in [-0.2, -0.15) is 0 Å². The van der Waals surface area contributed by atoms with Crippen molar-refractivity contribution >= 4 is 62.0 Å². The number of halogens is 2.